The maximum Gasteiger partial charge on any atom is 0.321 e. The van der Waals surface area contributed by atoms with Crippen LogP contribution in [0.5, 0.6) is 0 Å². The van der Waals surface area contributed by atoms with Crippen molar-refractivity contribution >= 4 is 22.5 Å². The highest BCUT2D eigenvalue weighted by Gasteiger charge is 2.27. The van der Waals surface area contributed by atoms with Gasteiger partial charge in [-0.1, -0.05) is 18.3 Å². The molecule has 1 unspecified atom stereocenters. The van der Waals surface area contributed by atoms with Gasteiger partial charge in [-0.15, -0.1) is 10.2 Å². The average molecular weight is 284 g/mol. The van der Waals surface area contributed by atoms with Crippen molar-refractivity contribution in [2.45, 2.75) is 51.0 Å². The molecule has 1 heterocycles. The van der Waals surface area contributed by atoms with Crippen LogP contribution in [0.4, 0.5) is 9.93 Å². The van der Waals surface area contributed by atoms with Gasteiger partial charge in [-0.2, -0.15) is 0 Å². The Bertz CT molecular complexity index is 420. The molecule has 0 saturated heterocycles. The summed E-state index contributed by atoms with van der Waals surface area (Å²) in [5, 5.41) is 24.4. The molecule has 1 aliphatic carbocycles. The van der Waals surface area contributed by atoms with Gasteiger partial charge in [0.05, 0.1) is 6.10 Å². The van der Waals surface area contributed by atoms with Crippen molar-refractivity contribution in [3.05, 3.63) is 5.01 Å². The maximum atomic E-state index is 11.6. The first-order valence-corrected chi connectivity index (χ1v) is 7.57. The third-order valence-corrected chi connectivity index (χ3v) is 4.06. The van der Waals surface area contributed by atoms with Crippen molar-refractivity contribution in [2.75, 3.05) is 11.9 Å². The third-order valence-electron chi connectivity index (χ3n) is 3.06. The molecule has 1 aromatic rings. The van der Waals surface area contributed by atoms with Crippen LogP contribution < -0.4 is 10.6 Å². The summed E-state index contributed by atoms with van der Waals surface area (Å²) in [5.41, 5.74) is 0. The van der Waals surface area contributed by atoms with Crippen molar-refractivity contribution in [3.8, 4) is 0 Å². The van der Waals surface area contributed by atoms with E-state index in [1.807, 2.05) is 6.92 Å². The summed E-state index contributed by atoms with van der Waals surface area (Å²) in [6.45, 7) is 2.49. The fraction of sp³-hybridized carbons (Fsp3) is 0.750. The molecule has 0 radical (unpaired) electrons. The number of nitrogens with one attached hydrogen (secondary N) is 2. The number of nitrogens with zero attached hydrogens (tertiary/aromatic N) is 2. The smallest absolute Gasteiger partial charge is 0.321 e. The van der Waals surface area contributed by atoms with E-state index in [0.29, 0.717) is 24.0 Å². The molecule has 106 valence electrons. The molecule has 7 heteroatoms. The van der Waals surface area contributed by atoms with Crippen LogP contribution in [-0.2, 0) is 0 Å². The second kappa shape index (κ2) is 6.81. The van der Waals surface area contributed by atoms with Crippen molar-refractivity contribution in [1.29, 1.82) is 0 Å². The predicted molar refractivity (Wildman–Crippen MR) is 74.4 cm³/mol. The molecule has 2 amide bonds. The number of hydrogen-bond donors (Lipinski definition) is 3. The van der Waals surface area contributed by atoms with Gasteiger partial charge in [-0.05, 0) is 32.1 Å². The average Bonchev–Trinajstić information content (AvgIpc) is 3.15. The van der Waals surface area contributed by atoms with E-state index in [-0.39, 0.29) is 12.1 Å². The molecule has 2 rings (SSSR count). The number of urea groups is 1. The summed E-state index contributed by atoms with van der Waals surface area (Å²) in [5.74, 6) is 0.562. The van der Waals surface area contributed by atoms with Crippen LogP contribution >= 0.6 is 11.3 Å². The first-order chi connectivity index (χ1) is 9.19. The molecule has 19 heavy (non-hydrogen) atoms. The van der Waals surface area contributed by atoms with Gasteiger partial charge in [0, 0.05) is 12.5 Å². The van der Waals surface area contributed by atoms with Crippen molar-refractivity contribution in [3.63, 3.8) is 0 Å². The number of rotatable bonds is 7. The van der Waals surface area contributed by atoms with Gasteiger partial charge >= 0.3 is 6.03 Å². The molecular weight excluding hydrogens is 264 g/mol. The molecule has 1 atom stereocenters. The first-order valence-electron chi connectivity index (χ1n) is 6.75. The highest BCUT2D eigenvalue weighted by molar-refractivity contribution is 7.15. The van der Waals surface area contributed by atoms with Crippen LogP contribution in [0.25, 0.3) is 0 Å². The van der Waals surface area contributed by atoms with Gasteiger partial charge in [-0.3, -0.25) is 5.32 Å². The topological polar surface area (TPSA) is 87.1 Å². The second-order valence-electron chi connectivity index (χ2n) is 4.80. The normalized spacial score (nSPS) is 16.1. The predicted octanol–water partition coefficient (Wildman–Crippen LogP) is 2.09. The minimum atomic E-state index is -0.269. The quantitative estimate of drug-likeness (QED) is 0.669. The van der Waals surface area contributed by atoms with E-state index < -0.39 is 0 Å². The number of carbonyl (C=O) groups excluding carboxylic acids is 1. The lowest BCUT2D eigenvalue weighted by Crippen LogP contribution is -2.29. The third kappa shape index (κ3) is 4.76. The Balaban J connectivity index is 1.63. The van der Waals surface area contributed by atoms with Crippen molar-refractivity contribution in [1.82, 2.24) is 15.5 Å². The van der Waals surface area contributed by atoms with Gasteiger partial charge < -0.3 is 10.4 Å². The Kier molecular flexibility index (Phi) is 5.09. The van der Waals surface area contributed by atoms with E-state index in [0.717, 1.165) is 17.8 Å². The van der Waals surface area contributed by atoms with E-state index in [9.17, 15) is 9.90 Å². The van der Waals surface area contributed by atoms with E-state index in [1.165, 1.54) is 24.2 Å². The molecule has 6 nitrogen and oxygen atoms in total. The summed E-state index contributed by atoms with van der Waals surface area (Å²) < 4.78 is 0. The second-order valence-corrected chi connectivity index (χ2v) is 5.81. The van der Waals surface area contributed by atoms with Crippen LogP contribution in [0.3, 0.4) is 0 Å². The van der Waals surface area contributed by atoms with Crippen LogP contribution in [0.15, 0.2) is 0 Å². The largest absolute Gasteiger partial charge is 0.393 e. The highest BCUT2D eigenvalue weighted by Crippen LogP contribution is 2.41. The number of hydrogen-bond acceptors (Lipinski definition) is 5. The van der Waals surface area contributed by atoms with Gasteiger partial charge in [-0.25, -0.2) is 4.79 Å². The Morgan fingerprint density at radius 3 is 3.00 bits per heavy atom. The van der Waals surface area contributed by atoms with E-state index in [1.54, 1.807) is 0 Å². The lowest BCUT2D eigenvalue weighted by Gasteiger charge is -2.08. The number of carbonyl (C=O) groups is 1. The molecule has 1 aromatic heterocycles. The first kappa shape index (κ1) is 14.2. The monoisotopic (exact) mass is 284 g/mol. The molecule has 1 fully saturated rings. The molecular formula is C12H20N4O2S. The summed E-state index contributed by atoms with van der Waals surface area (Å²) in [7, 11) is 0. The number of aromatic nitrogens is 2. The zero-order valence-corrected chi connectivity index (χ0v) is 11.9. The van der Waals surface area contributed by atoms with Crippen LogP contribution in [0, 0.1) is 0 Å². The standard InChI is InChI=1S/C12H20N4O2S/c1-2-9(17)4-3-7-13-11(18)14-12-16-15-10(19-12)8-5-6-8/h8-9,17H,2-7H2,1H3,(H2,13,14,16,18). The van der Waals surface area contributed by atoms with E-state index >= 15 is 0 Å². The summed E-state index contributed by atoms with van der Waals surface area (Å²) in [6, 6.07) is -0.260. The summed E-state index contributed by atoms with van der Waals surface area (Å²) in [4.78, 5) is 11.6. The fourth-order valence-corrected chi connectivity index (χ4v) is 2.57. The van der Waals surface area contributed by atoms with Crippen molar-refractivity contribution in [2.24, 2.45) is 0 Å². The molecule has 1 saturated carbocycles. The lowest BCUT2D eigenvalue weighted by molar-refractivity contribution is 0.157. The van der Waals surface area contributed by atoms with Gasteiger partial charge in [0.25, 0.3) is 0 Å². The van der Waals surface area contributed by atoms with Crippen LogP contribution in [-0.4, -0.2) is 34.0 Å². The number of aliphatic hydroxyl groups excluding tert-OH is 1. The molecule has 0 spiro atoms. The van der Waals surface area contributed by atoms with Gasteiger partial charge in [0.1, 0.15) is 5.01 Å². The highest BCUT2D eigenvalue weighted by atomic mass is 32.1. The van der Waals surface area contributed by atoms with Crippen molar-refractivity contribution < 1.29 is 9.90 Å². The Labute approximate surface area is 116 Å². The SMILES string of the molecule is CCC(O)CCCNC(=O)Nc1nnc(C2CC2)s1. The Morgan fingerprint density at radius 1 is 1.53 bits per heavy atom. The zero-order valence-electron chi connectivity index (χ0n) is 11.1. The summed E-state index contributed by atoms with van der Waals surface area (Å²) in [6.07, 6.45) is 4.32. The van der Waals surface area contributed by atoms with Crippen LogP contribution in [0.2, 0.25) is 0 Å². The Morgan fingerprint density at radius 2 is 2.32 bits per heavy atom. The molecule has 1 aliphatic rings. The summed E-state index contributed by atoms with van der Waals surface area (Å²) >= 11 is 1.45. The van der Waals surface area contributed by atoms with Gasteiger partial charge in [0.15, 0.2) is 0 Å². The fourth-order valence-electron chi connectivity index (χ4n) is 1.67. The zero-order chi connectivity index (χ0) is 13.7. The van der Waals surface area contributed by atoms with Crippen LogP contribution in [0.1, 0.15) is 50.0 Å². The molecule has 0 aliphatic heterocycles. The minimum Gasteiger partial charge on any atom is -0.393 e. The minimum absolute atomic E-state index is 0.260. The molecule has 3 N–H and O–H groups in total. The Hall–Kier alpha value is -1.21. The van der Waals surface area contributed by atoms with Gasteiger partial charge in [0.2, 0.25) is 5.13 Å². The lowest BCUT2D eigenvalue weighted by atomic mass is 10.1. The van der Waals surface area contributed by atoms with E-state index in [4.69, 9.17) is 0 Å². The molecule has 0 aromatic carbocycles. The number of aliphatic hydroxyl groups is 1. The maximum absolute atomic E-state index is 11.6. The number of anilines is 1. The number of amides is 2. The molecule has 0 bridgehead atoms. The van der Waals surface area contributed by atoms with E-state index in [2.05, 4.69) is 20.8 Å².